The minimum atomic E-state index is 0.137. The molecular weight excluding hydrogens is 302 g/mol. The van der Waals surface area contributed by atoms with Crippen LogP contribution in [0.1, 0.15) is 30.7 Å². The fraction of sp³-hybridized carbons (Fsp3) is 0.500. The summed E-state index contributed by atoms with van der Waals surface area (Å²) in [4.78, 5) is 16.9. The normalized spacial score (nSPS) is 21.7. The molecule has 1 unspecified atom stereocenters. The van der Waals surface area contributed by atoms with Crippen molar-refractivity contribution in [2.45, 2.75) is 33.1 Å². The van der Waals surface area contributed by atoms with Crippen molar-refractivity contribution < 1.29 is 4.79 Å². The maximum Gasteiger partial charge on any atom is 0.228 e. The van der Waals surface area contributed by atoms with E-state index in [1.54, 1.807) is 6.20 Å². The number of hydrogen-bond donors (Lipinski definition) is 2. The topological polar surface area (TPSA) is 71.8 Å². The second-order valence-electron chi connectivity index (χ2n) is 7.10. The Labute approximate surface area is 141 Å². The number of piperidine rings is 1. The van der Waals surface area contributed by atoms with Crippen LogP contribution in [0.5, 0.6) is 0 Å². The van der Waals surface area contributed by atoms with Crippen LogP contribution in [0.3, 0.4) is 0 Å². The van der Waals surface area contributed by atoms with Gasteiger partial charge in [-0.1, -0.05) is 0 Å². The lowest BCUT2D eigenvalue weighted by molar-refractivity contribution is -0.118. The Morgan fingerprint density at radius 3 is 2.75 bits per heavy atom. The molecule has 0 bridgehead atoms. The van der Waals surface area contributed by atoms with Gasteiger partial charge in [0, 0.05) is 11.6 Å². The molecule has 6 heteroatoms. The first-order valence-corrected chi connectivity index (χ1v) is 8.59. The highest BCUT2D eigenvalue weighted by atomic mass is 16.2. The number of rotatable bonds is 3. The summed E-state index contributed by atoms with van der Waals surface area (Å²) in [5.74, 6) is 1.06. The summed E-state index contributed by atoms with van der Waals surface area (Å²) < 4.78 is 1.81. The Kier molecular flexibility index (Phi) is 3.64. The van der Waals surface area contributed by atoms with Crippen LogP contribution in [0.15, 0.2) is 24.4 Å². The second kappa shape index (κ2) is 5.70. The van der Waals surface area contributed by atoms with Crippen molar-refractivity contribution in [2.24, 2.45) is 11.3 Å². The number of hydrogen-bond acceptors (Lipinski definition) is 4. The van der Waals surface area contributed by atoms with E-state index in [0.29, 0.717) is 0 Å². The number of aryl methyl sites for hydroxylation is 2. The van der Waals surface area contributed by atoms with Gasteiger partial charge in [0.15, 0.2) is 5.82 Å². The highest BCUT2D eigenvalue weighted by Crippen LogP contribution is 2.58. The lowest BCUT2D eigenvalue weighted by Crippen LogP contribution is -2.31. The van der Waals surface area contributed by atoms with Gasteiger partial charge < -0.3 is 10.6 Å². The summed E-state index contributed by atoms with van der Waals surface area (Å²) in [6.07, 6.45) is 4.96. The SMILES string of the molecule is Cc1cc(C)n(-c2ccc(NC(=O)C3CC34CCNCC4)cn2)n1. The van der Waals surface area contributed by atoms with Gasteiger partial charge in [0.05, 0.1) is 17.6 Å². The van der Waals surface area contributed by atoms with Crippen LogP contribution < -0.4 is 10.6 Å². The molecule has 2 aromatic heterocycles. The third-order valence-corrected chi connectivity index (χ3v) is 5.35. The molecule has 2 N–H and O–H groups in total. The molecule has 24 heavy (non-hydrogen) atoms. The monoisotopic (exact) mass is 325 g/mol. The Balaban J connectivity index is 1.42. The molecule has 1 saturated heterocycles. The van der Waals surface area contributed by atoms with E-state index in [9.17, 15) is 4.79 Å². The van der Waals surface area contributed by atoms with Gasteiger partial charge in [0.2, 0.25) is 5.91 Å². The van der Waals surface area contributed by atoms with E-state index in [-0.39, 0.29) is 17.2 Å². The first-order chi connectivity index (χ1) is 11.6. The molecule has 1 atom stereocenters. The van der Waals surface area contributed by atoms with Crippen molar-refractivity contribution in [2.75, 3.05) is 18.4 Å². The van der Waals surface area contributed by atoms with Gasteiger partial charge in [-0.25, -0.2) is 9.67 Å². The molecule has 3 heterocycles. The zero-order valence-electron chi connectivity index (χ0n) is 14.2. The highest BCUT2D eigenvalue weighted by Gasteiger charge is 2.57. The van der Waals surface area contributed by atoms with Crippen molar-refractivity contribution in [3.63, 3.8) is 0 Å². The van der Waals surface area contributed by atoms with E-state index < -0.39 is 0 Å². The summed E-state index contributed by atoms with van der Waals surface area (Å²) in [6.45, 7) is 6.03. The van der Waals surface area contributed by atoms with Crippen LogP contribution in [0, 0.1) is 25.2 Å². The van der Waals surface area contributed by atoms with Crippen molar-refractivity contribution >= 4 is 11.6 Å². The summed E-state index contributed by atoms with van der Waals surface area (Å²) >= 11 is 0. The number of pyridine rings is 1. The van der Waals surface area contributed by atoms with Gasteiger partial charge in [-0.15, -0.1) is 0 Å². The Hall–Kier alpha value is -2.21. The lowest BCUT2D eigenvalue weighted by atomic mass is 9.92. The van der Waals surface area contributed by atoms with Gasteiger partial charge in [-0.05, 0) is 69.8 Å². The molecule has 1 spiro atoms. The summed E-state index contributed by atoms with van der Waals surface area (Å²) in [5.41, 5.74) is 3.02. The Morgan fingerprint density at radius 2 is 2.12 bits per heavy atom. The molecule has 1 amide bonds. The maximum atomic E-state index is 12.5. The Bertz CT molecular complexity index is 758. The fourth-order valence-electron chi connectivity index (χ4n) is 3.87. The van der Waals surface area contributed by atoms with Gasteiger partial charge >= 0.3 is 0 Å². The largest absolute Gasteiger partial charge is 0.324 e. The number of amides is 1. The van der Waals surface area contributed by atoms with E-state index in [1.807, 2.05) is 36.7 Å². The van der Waals surface area contributed by atoms with Crippen molar-refractivity contribution in [1.29, 1.82) is 0 Å². The molecule has 1 saturated carbocycles. The quantitative estimate of drug-likeness (QED) is 0.907. The van der Waals surface area contributed by atoms with Crippen molar-refractivity contribution in [3.8, 4) is 5.82 Å². The third-order valence-electron chi connectivity index (χ3n) is 5.35. The van der Waals surface area contributed by atoms with E-state index in [0.717, 1.165) is 55.2 Å². The van der Waals surface area contributed by atoms with Crippen LogP contribution in [0.25, 0.3) is 5.82 Å². The van der Waals surface area contributed by atoms with E-state index in [4.69, 9.17) is 0 Å². The smallest absolute Gasteiger partial charge is 0.228 e. The Morgan fingerprint density at radius 1 is 1.33 bits per heavy atom. The molecule has 2 aliphatic rings. The van der Waals surface area contributed by atoms with Gasteiger partial charge in [-0.2, -0.15) is 5.10 Å². The number of nitrogens with zero attached hydrogens (tertiary/aromatic N) is 3. The van der Waals surface area contributed by atoms with Gasteiger partial charge in [-0.3, -0.25) is 4.79 Å². The molecule has 2 aromatic rings. The van der Waals surface area contributed by atoms with Gasteiger partial charge in [0.1, 0.15) is 0 Å². The van der Waals surface area contributed by atoms with Crippen molar-refractivity contribution in [1.82, 2.24) is 20.1 Å². The molecule has 126 valence electrons. The molecule has 1 aliphatic heterocycles. The second-order valence-corrected chi connectivity index (χ2v) is 7.10. The standard InChI is InChI=1S/C18H23N5O/c1-12-9-13(2)23(22-12)16-4-3-14(11-20-16)21-17(24)15-10-18(15)5-7-19-8-6-18/h3-4,9,11,15,19H,5-8,10H2,1-2H3,(H,21,24). The third kappa shape index (κ3) is 2.71. The predicted octanol–water partition coefficient (Wildman–Crippen LogP) is 2.21. The zero-order valence-corrected chi connectivity index (χ0v) is 14.2. The number of carbonyl (C=O) groups excluding carboxylic acids is 1. The summed E-state index contributed by atoms with van der Waals surface area (Å²) in [6, 6.07) is 5.80. The summed E-state index contributed by atoms with van der Waals surface area (Å²) in [5, 5.41) is 10.8. The van der Waals surface area contributed by atoms with Crippen LogP contribution in [-0.2, 0) is 4.79 Å². The molecule has 4 rings (SSSR count). The molecule has 0 aromatic carbocycles. The van der Waals surface area contributed by atoms with Gasteiger partial charge in [0.25, 0.3) is 0 Å². The number of carbonyl (C=O) groups is 1. The molecular formula is C18H23N5O. The minimum Gasteiger partial charge on any atom is -0.324 e. The maximum absolute atomic E-state index is 12.5. The number of nitrogens with one attached hydrogen (secondary N) is 2. The van der Waals surface area contributed by atoms with E-state index >= 15 is 0 Å². The van der Waals surface area contributed by atoms with E-state index in [2.05, 4.69) is 20.7 Å². The fourth-order valence-corrected chi connectivity index (χ4v) is 3.87. The van der Waals surface area contributed by atoms with Crippen LogP contribution >= 0.6 is 0 Å². The van der Waals surface area contributed by atoms with Crippen LogP contribution in [0.2, 0.25) is 0 Å². The molecule has 0 radical (unpaired) electrons. The molecule has 2 fully saturated rings. The number of anilines is 1. The first-order valence-electron chi connectivity index (χ1n) is 8.59. The molecule has 6 nitrogen and oxygen atoms in total. The van der Waals surface area contributed by atoms with Crippen LogP contribution in [-0.4, -0.2) is 33.8 Å². The highest BCUT2D eigenvalue weighted by molar-refractivity contribution is 5.95. The molecule has 1 aliphatic carbocycles. The average molecular weight is 325 g/mol. The van der Waals surface area contributed by atoms with E-state index in [1.165, 1.54) is 0 Å². The minimum absolute atomic E-state index is 0.137. The predicted molar refractivity (Wildman–Crippen MR) is 92.1 cm³/mol. The first kappa shape index (κ1) is 15.3. The zero-order chi connectivity index (χ0) is 16.7. The number of aromatic nitrogens is 3. The van der Waals surface area contributed by atoms with Crippen LogP contribution in [0.4, 0.5) is 5.69 Å². The summed E-state index contributed by atoms with van der Waals surface area (Å²) in [7, 11) is 0. The lowest BCUT2D eigenvalue weighted by Gasteiger charge is -2.23. The average Bonchev–Trinajstić information content (AvgIpc) is 3.15. The van der Waals surface area contributed by atoms with Crippen molar-refractivity contribution in [3.05, 3.63) is 35.8 Å².